The summed E-state index contributed by atoms with van der Waals surface area (Å²) in [5, 5.41) is 0. The quantitative estimate of drug-likeness (QED) is 0.807. The van der Waals surface area contributed by atoms with Crippen LogP contribution in [0.1, 0.15) is 56.8 Å². The Balaban J connectivity index is 1.49. The molecule has 2 N–H and O–H groups in total. The van der Waals surface area contributed by atoms with E-state index in [1.54, 1.807) is 18.5 Å². The zero-order valence-corrected chi connectivity index (χ0v) is 18.5. The Morgan fingerprint density at radius 2 is 1.84 bits per heavy atom. The molecule has 3 atom stereocenters. The van der Waals surface area contributed by atoms with Gasteiger partial charge in [-0.15, -0.1) is 0 Å². The van der Waals surface area contributed by atoms with E-state index in [-0.39, 0.29) is 24.3 Å². The molecule has 2 aromatic rings. The maximum absolute atomic E-state index is 12.7. The van der Waals surface area contributed by atoms with Crippen molar-refractivity contribution < 1.29 is 19.1 Å². The van der Waals surface area contributed by atoms with Crippen LogP contribution < -0.4 is 10.5 Å². The minimum Gasteiger partial charge on any atom is -0.489 e. The predicted octanol–water partition coefficient (Wildman–Crippen LogP) is 3.50. The molecular formula is C23H30N4O4. The van der Waals surface area contributed by atoms with Crippen LogP contribution in [0.3, 0.4) is 0 Å². The minimum atomic E-state index is -0.540. The number of nitrogens with zero attached hydrogens (tertiary/aromatic N) is 3. The predicted molar refractivity (Wildman–Crippen MR) is 116 cm³/mol. The van der Waals surface area contributed by atoms with Gasteiger partial charge in [-0.2, -0.15) is 0 Å². The molecule has 0 aliphatic carbocycles. The van der Waals surface area contributed by atoms with Crippen molar-refractivity contribution in [2.45, 2.75) is 70.2 Å². The molecule has 4 rings (SSSR count). The van der Waals surface area contributed by atoms with Gasteiger partial charge < -0.3 is 24.7 Å². The number of aromatic nitrogens is 2. The summed E-state index contributed by atoms with van der Waals surface area (Å²) in [7, 11) is 1.89. The number of hydrogen-bond donors (Lipinski definition) is 1. The van der Waals surface area contributed by atoms with Crippen LogP contribution in [-0.4, -0.2) is 50.2 Å². The van der Waals surface area contributed by atoms with E-state index in [2.05, 4.69) is 4.98 Å². The summed E-state index contributed by atoms with van der Waals surface area (Å²) >= 11 is 0. The Morgan fingerprint density at radius 1 is 1.16 bits per heavy atom. The molecule has 0 unspecified atom stereocenters. The summed E-state index contributed by atoms with van der Waals surface area (Å²) < 4.78 is 13.7. The first-order valence-electron chi connectivity index (χ1n) is 10.7. The lowest BCUT2D eigenvalue weighted by Gasteiger charge is -2.39. The molecule has 3 heterocycles. The monoisotopic (exact) mass is 426 g/mol. The summed E-state index contributed by atoms with van der Waals surface area (Å²) in [6.45, 7) is 5.63. The maximum atomic E-state index is 12.7. The van der Waals surface area contributed by atoms with E-state index in [9.17, 15) is 9.59 Å². The Kier molecular flexibility index (Phi) is 5.41. The highest BCUT2D eigenvalue weighted by Crippen LogP contribution is 2.39. The van der Waals surface area contributed by atoms with Gasteiger partial charge in [0.2, 0.25) is 0 Å². The number of piperidine rings is 1. The Hall–Kier alpha value is -3.03. The summed E-state index contributed by atoms with van der Waals surface area (Å²) in [5.41, 5.74) is 7.04. The van der Waals surface area contributed by atoms with E-state index in [0.29, 0.717) is 24.2 Å². The fourth-order valence-electron chi connectivity index (χ4n) is 4.56. The number of fused-ring (bicyclic) bond motifs is 2. The lowest BCUT2D eigenvalue weighted by atomic mass is 9.99. The van der Waals surface area contributed by atoms with E-state index < -0.39 is 11.5 Å². The Labute approximate surface area is 182 Å². The topological polar surface area (TPSA) is 99.7 Å². The molecule has 8 heteroatoms. The van der Waals surface area contributed by atoms with E-state index in [4.69, 9.17) is 15.2 Å². The average molecular weight is 427 g/mol. The first-order chi connectivity index (χ1) is 14.6. The van der Waals surface area contributed by atoms with Crippen molar-refractivity contribution in [3.05, 3.63) is 36.3 Å². The van der Waals surface area contributed by atoms with Crippen LogP contribution in [0, 0.1) is 0 Å². The average Bonchev–Trinajstić information content (AvgIpc) is 3.22. The van der Waals surface area contributed by atoms with Gasteiger partial charge in [0.15, 0.2) is 0 Å². The van der Waals surface area contributed by atoms with E-state index in [1.165, 1.54) is 0 Å². The number of benzene rings is 1. The summed E-state index contributed by atoms with van der Waals surface area (Å²) in [5.74, 6) is -0.0655. The highest BCUT2D eigenvalue weighted by molar-refractivity contribution is 5.97. The van der Waals surface area contributed by atoms with Crippen molar-refractivity contribution >= 4 is 12.0 Å². The lowest BCUT2D eigenvalue weighted by molar-refractivity contribution is -0.00711. The molecule has 1 aromatic carbocycles. The third-order valence-electron chi connectivity index (χ3n) is 5.83. The number of nitrogens with two attached hydrogens (primary N) is 1. The highest BCUT2D eigenvalue weighted by Gasteiger charge is 2.45. The first kappa shape index (κ1) is 21.2. The van der Waals surface area contributed by atoms with Gasteiger partial charge in [-0.05, 0) is 51.8 Å². The summed E-state index contributed by atoms with van der Waals surface area (Å²) in [6.07, 6.45) is 6.52. The molecule has 31 heavy (non-hydrogen) atoms. The third-order valence-corrected chi connectivity index (χ3v) is 5.83. The molecule has 2 amide bonds. The minimum absolute atomic E-state index is 0.0865. The van der Waals surface area contributed by atoms with Crippen molar-refractivity contribution in [1.82, 2.24) is 14.5 Å². The van der Waals surface area contributed by atoms with Crippen LogP contribution in [0.5, 0.6) is 5.75 Å². The molecule has 1 aromatic heterocycles. The van der Waals surface area contributed by atoms with Gasteiger partial charge in [0.05, 0.1) is 17.6 Å². The maximum Gasteiger partial charge on any atom is 0.410 e. The number of carbonyl (C=O) groups excluding carboxylic acids is 2. The smallest absolute Gasteiger partial charge is 0.410 e. The fraction of sp³-hybridized carbons (Fsp3) is 0.522. The largest absolute Gasteiger partial charge is 0.489 e. The second-order valence-corrected chi connectivity index (χ2v) is 9.48. The molecule has 2 saturated heterocycles. The number of carbonyl (C=O) groups is 2. The normalized spacial score (nSPS) is 23.0. The number of rotatable bonds is 4. The second-order valence-electron chi connectivity index (χ2n) is 9.48. The highest BCUT2D eigenvalue weighted by atomic mass is 16.6. The first-order valence-corrected chi connectivity index (χ1v) is 10.7. The van der Waals surface area contributed by atoms with Crippen LogP contribution in [0.4, 0.5) is 4.79 Å². The standard InChI is InChI=1S/C23H30N4O4/c1-23(2,3)31-22(29)27-15-6-7-16(27)11-17(10-15)30-20-8-5-14(9-18(20)21(24)28)19-12-26(4)13-25-19/h5,8-9,12-13,15-17H,6-7,10-11H2,1-4H3,(H2,24,28)/t15-,16+,17-. The SMILES string of the molecule is Cn1cnc(-c2ccc(O[C@@H]3C[C@H]4CC[C@@H](C3)N4C(=O)OC(C)(C)C)c(C(N)=O)c2)c1. The number of hydrogen-bond acceptors (Lipinski definition) is 5. The van der Waals surface area contributed by atoms with Gasteiger partial charge in [0.25, 0.3) is 5.91 Å². The van der Waals surface area contributed by atoms with Crippen molar-refractivity contribution in [2.24, 2.45) is 12.8 Å². The van der Waals surface area contributed by atoms with Gasteiger partial charge >= 0.3 is 6.09 Å². The zero-order chi connectivity index (χ0) is 22.3. The number of ether oxygens (including phenoxy) is 2. The summed E-state index contributed by atoms with van der Waals surface area (Å²) in [6, 6.07) is 5.57. The van der Waals surface area contributed by atoms with Crippen LogP contribution in [-0.2, 0) is 11.8 Å². The van der Waals surface area contributed by atoms with Gasteiger partial charge in [-0.1, -0.05) is 0 Å². The zero-order valence-electron chi connectivity index (χ0n) is 18.5. The molecule has 0 spiro atoms. The van der Waals surface area contributed by atoms with Gasteiger partial charge in [0, 0.05) is 43.7 Å². The molecule has 2 aliphatic heterocycles. The number of amides is 2. The fourth-order valence-corrected chi connectivity index (χ4v) is 4.56. The molecule has 2 bridgehead atoms. The van der Waals surface area contributed by atoms with Crippen molar-refractivity contribution in [3.63, 3.8) is 0 Å². The van der Waals surface area contributed by atoms with Crippen molar-refractivity contribution in [3.8, 4) is 17.0 Å². The van der Waals surface area contributed by atoms with Gasteiger partial charge in [0.1, 0.15) is 17.5 Å². The Bertz CT molecular complexity index is 980. The number of primary amides is 1. The molecular weight excluding hydrogens is 396 g/mol. The number of aryl methyl sites for hydroxylation is 1. The van der Waals surface area contributed by atoms with Crippen LogP contribution in [0.25, 0.3) is 11.3 Å². The van der Waals surface area contributed by atoms with E-state index in [0.717, 1.165) is 24.1 Å². The third kappa shape index (κ3) is 4.52. The number of imidazole rings is 1. The molecule has 0 saturated carbocycles. The van der Waals surface area contributed by atoms with Crippen LogP contribution in [0.2, 0.25) is 0 Å². The van der Waals surface area contributed by atoms with Crippen LogP contribution in [0.15, 0.2) is 30.7 Å². The molecule has 8 nitrogen and oxygen atoms in total. The Morgan fingerprint density at radius 3 is 2.39 bits per heavy atom. The van der Waals surface area contributed by atoms with Crippen molar-refractivity contribution in [2.75, 3.05) is 0 Å². The molecule has 0 radical (unpaired) electrons. The van der Waals surface area contributed by atoms with Crippen molar-refractivity contribution in [1.29, 1.82) is 0 Å². The van der Waals surface area contributed by atoms with Gasteiger partial charge in [-0.25, -0.2) is 9.78 Å². The molecule has 2 fully saturated rings. The van der Waals surface area contributed by atoms with E-state index >= 15 is 0 Å². The molecule has 2 aliphatic rings. The summed E-state index contributed by atoms with van der Waals surface area (Å²) in [4.78, 5) is 31.0. The van der Waals surface area contributed by atoms with E-state index in [1.807, 2.05) is 49.5 Å². The van der Waals surface area contributed by atoms with Gasteiger partial charge in [-0.3, -0.25) is 4.79 Å². The van der Waals surface area contributed by atoms with Crippen LogP contribution >= 0.6 is 0 Å². The second kappa shape index (κ2) is 7.90. The molecule has 166 valence electrons. The lowest BCUT2D eigenvalue weighted by Crippen LogP contribution is -2.50.